The number of ether oxygens (including phenoxy) is 4. The van der Waals surface area contributed by atoms with Gasteiger partial charge in [-0.2, -0.15) is 0 Å². The molecule has 0 N–H and O–H groups in total. The third-order valence-electron chi connectivity index (χ3n) is 12.8. The van der Waals surface area contributed by atoms with Crippen LogP contribution in [0.15, 0.2) is 54.6 Å². The van der Waals surface area contributed by atoms with E-state index in [2.05, 4.69) is 0 Å². The summed E-state index contributed by atoms with van der Waals surface area (Å²) in [5.41, 5.74) is 2.37. The lowest BCUT2D eigenvalue weighted by Crippen LogP contribution is -2.55. The van der Waals surface area contributed by atoms with Gasteiger partial charge in [-0.15, -0.1) is 0 Å². The van der Waals surface area contributed by atoms with Crippen molar-refractivity contribution >= 4 is 47.5 Å². The second-order valence-electron chi connectivity index (χ2n) is 21.2. The predicted octanol–water partition coefficient (Wildman–Crippen LogP) is 6.79. The maximum atomic E-state index is 14.8. The fourth-order valence-corrected chi connectivity index (χ4v) is 8.56. The van der Waals surface area contributed by atoms with Gasteiger partial charge in [0.25, 0.3) is 23.6 Å². The fourth-order valence-electron chi connectivity index (χ4n) is 8.56. The van der Waals surface area contributed by atoms with E-state index in [1.807, 2.05) is 93.5 Å². The van der Waals surface area contributed by atoms with Crippen molar-refractivity contribution in [1.82, 2.24) is 19.6 Å². The molecular weight excluding hydrogens is 909 g/mol. The summed E-state index contributed by atoms with van der Waals surface area (Å²) in [4.78, 5) is 120. The molecule has 0 radical (unpaired) electrons. The summed E-state index contributed by atoms with van der Waals surface area (Å²) >= 11 is 0. The first-order chi connectivity index (χ1) is 33.1. The minimum absolute atomic E-state index is 0.0823. The van der Waals surface area contributed by atoms with Crippen LogP contribution in [-0.4, -0.2) is 144 Å². The van der Waals surface area contributed by atoms with E-state index in [-0.39, 0.29) is 68.1 Å². The van der Waals surface area contributed by atoms with Crippen LogP contribution in [0.25, 0.3) is 0 Å². The Morgan fingerprint density at radius 2 is 0.676 bits per heavy atom. The zero-order valence-electron chi connectivity index (χ0n) is 45.1. The molecule has 2 aromatic rings. The van der Waals surface area contributed by atoms with Gasteiger partial charge in [-0.05, 0) is 85.8 Å². The first-order valence-corrected chi connectivity index (χ1v) is 25.2. The number of amides is 4. The molecule has 8 atom stereocenters. The number of carbonyl (C=O) groups is 8. The molecule has 1 aliphatic heterocycles. The number of esters is 4. The zero-order valence-corrected chi connectivity index (χ0v) is 45.1. The van der Waals surface area contributed by atoms with Crippen molar-refractivity contribution in [3.8, 4) is 0 Å². The first-order valence-electron chi connectivity index (χ1n) is 25.2. The molecule has 0 unspecified atom stereocenters. The van der Waals surface area contributed by atoms with Crippen molar-refractivity contribution in [2.75, 3.05) is 28.2 Å². The highest BCUT2D eigenvalue weighted by atomic mass is 16.6. The Hall–Kier alpha value is -5.80. The maximum Gasteiger partial charge on any atom is 0.329 e. The van der Waals surface area contributed by atoms with Gasteiger partial charge < -0.3 is 38.5 Å². The second-order valence-corrected chi connectivity index (χ2v) is 21.2. The molecule has 1 aliphatic rings. The van der Waals surface area contributed by atoms with Crippen LogP contribution in [0.5, 0.6) is 0 Å². The minimum atomic E-state index is -1.48. The molecule has 0 aliphatic carbocycles. The number of likely N-dealkylation sites (N-methyl/N-ethyl adjacent to an activating group) is 4. The summed E-state index contributed by atoms with van der Waals surface area (Å²) in [6.07, 6.45) is -5.59. The summed E-state index contributed by atoms with van der Waals surface area (Å²) in [5, 5.41) is 0. The highest BCUT2D eigenvalue weighted by Crippen LogP contribution is 2.25. The SMILES string of the molecule is CC(C)C[C@H]1C(=O)O[C@H](Cc2ccc(C(C)C)cc2)C(=O)N(C)[C@@H](CC(C)C)C(=O)O[C@H](C)C(=O)N(C)[C@@H](CC(C)C)C(=O)O[C@H](Cc2ccccc2)C(=O)N(C)[C@@H](CC(C)C)C(=O)O[C@H](C)C(=O)N1C. The lowest BCUT2D eigenvalue weighted by molar-refractivity contribution is -0.176. The van der Waals surface area contributed by atoms with Crippen LogP contribution in [0.4, 0.5) is 0 Å². The fraction of sp³-hybridized carbons (Fsp3) is 0.636. The molecule has 0 aromatic heterocycles. The Labute approximate surface area is 422 Å². The summed E-state index contributed by atoms with van der Waals surface area (Å²) < 4.78 is 23.9. The quantitative estimate of drug-likeness (QED) is 0.151. The largest absolute Gasteiger partial charge is 0.451 e. The topological polar surface area (TPSA) is 186 Å². The molecule has 16 nitrogen and oxygen atoms in total. The third kappa shape index (κ3) is 17.2. The van der Waals surface area contributed by atoms with Crippen LogP contribution in [0.2, 0.25) is 0 Å². The van der Waals surface area contributed by atoms with Crippen LogP contribution < -0.4 is 0 Å². The lowest BCUT2D eigenvalue weighted by atomic mass is 9.98. The predicted molar refractivity (Wildman–Crippen MR) is 269 cm³/mol. The number of hydrogen-bond acceptors (Lipinski definition) is 12. The van der Waals surface area contributed by atoms with Crippen LogP contribution in [0.3, 0.4) is 0 Å². The molecule has 16 heteroatoms. The molecular formula is C55H82N4O12. The highest BCUT2D eigenvalue weighted by molar-refractivity contribution is 5.94. The summed E-state index contributed by atoms with van der Waals surface area (Å²) in [6, 6.07) is 11.4. The molecule has 394 valence electrons. The Balaban J connectivity index is 2.26. The van der Waals surface area contributed by atoms with Crippen molar-refractivity contribution in [2.45, 2.75) is 176 Å². The van der Waals surface area contributed by atoms with E-state index in [9.17, 15) is 38.4 Å². The number of rotatable bonds is 13. The summed E-state index contributed by atoms with van der Waals surface area (Å²) in [5.74, 6) is -6.91. The highest BCUT2D eigenvalue weighted by Gasteiger charge is 2.43. The lowest BCUT2D eigenvalue weighted by Gasteiger charge is -2.35. The van der Waals surface area contributed by atoms with Gasteiger partial charge >= 0.3 is 23.9 Å². The van der Waals surface area contributed by atoms with E-state index >= 15 is 0 Å². The van der Waals surface area contributed by atoms with Gasteiger partial charge in [-0.25, -0.2) is 19.2 Å². The molecule has 2 aromatic carbocycles. The molecule has 0 saturated carbocycles. The number of carbonyl (C=O) groups excluding carboxylic acids is 8. The molecule has 3 rings (SSSR count). The number of benzene rings is 2. The van der Waals surface area contributed by atoms with E-state index in [0.717, 1.165) is 20.3 Å². The summed E-state index contributed by atoms with van der Waals surface area (Å²) in [6.45, 7) is 21.7. The van der Waals surface area contributed by atoms with Crippen molar-refractivity contribution in [3.05, 3.63) is 71.3 Å². The molecule has 4 amide bonds. The Morgan fingerprint density at radius 1 is 0.394 bits per heavy atom. The monoisotopic (exact) mass is 991 g/mol. The Morgan fingerprint density at radius 3 is 0.972 bits per heavy atom. The molecule has 71 heavy (non-hydrogen) atoms. The zero-order chi connectivity index (χ0) is 53.6. The first kappa shape index (κ1) is 59.5. The molecule has 0 bridgehead atoms. The van der Waals surface area contributed by atoms with Crippen LogP contribution in [-0.2, 0) is 70.1 Å². The summed E-state index contributed by atoms with van der Waals surface area (Å²) in [7, 11) is 5.59. The van der Waals surface area contributed by atoms with Gasteiger partial charge in [0.2, 0.25) is 0 Å². The van der Waals surface area contributed by atoms with E-state index in [1.54, 1.807) is 30.3 Å². The van der Waals surface area contributed by atoms with Crippen molar-refractivity contribution < 1.29 is 57.3 Å². The Bertz CT molecular complexity index is 2110. The minimum Gasteiger partial charge on any atom is -0.451 e. The normalized spacial score (nSPS) is 24.7. The van der Waals surface area contributed by atoms with Gasteiger partial charge in [0.05, 0.1) is 0 Å². The van der Waals surface area contributed by atoms with Crippen molar-refractivity contribution in [3.63, 3.8) is 0 Å². The molecule has 1 heterocycles. The maximum absolute atomic E-state index is 14.8. The van der Waals surface area contributed by atoms with Gasteiger partial charge in [0, 0.05) is 41.0 Å². The van der Waals surface area contributed by atoms with Crippen LogP contribution in [0, 0.1) is 23.7 Å². The Kier molecular flexibility index (Phi) is 22.7. The van der Waals surface area contributed by atoms with Gasteiger partial charge in [-0.1, -0.05) is 124 Å². The number of hydrogen-bond donors (Lipinski definition) is 0. The average Bonchev–Trinajstić information content (AvgIpc) is 3.30. The van der Waals surface area contributed by atoms with E-state index in [0.29, 0.717) is 11.1 Å². The van der Waals surface area contributed by atoms with Gasteiger partial charge in [0.1, 0.15) is 24.2 Å². The van der Waals surface area contributed by atoms with Gasteiger partial charge in [-0.3, -0.25) is 19.2 Å². The van der Waals surface area contributed by atoms with E-state index < -0.39 is 96.1 Å². The molecule has 1 fully saturated rings. The molecule has 0 spiro atoms. The average molecular weight is 991 g/mol. The van der Waals surface area contributed by atoms with Crippen molar-refractivity contribution in [1.29, 1.82) is 0 Å². The second kappa shape index (κ2) is 27.1. The standard InChI is InChI=1S/C55H82N4O12/c1-32(2)26-42-52(64)68-38(12)49(61)57(14)45(29-35(7)8)55(67)71-47(31-40-22-24-41(25-23-40)36(9)10)51(63)59(16)43(27-33(3)4)53(65)69-37(11)48(60)56(13)44(28-34(5)6)54(66)70-46(50(62)58(42)15)30-39-20-18-17-19-21-39/h17-25,32-38,42-47H,26-31H2,1-16H3/t37-,38-,42+,43+,44+,45+,46-,47-/m1/s1. The molecule has 1 saturated heterocycles. The van der Waals surface area contributed by atoms with Crippen LogP contribution >= 0.6 is 0 Å². The van der Waals surface area contributed by atoms with E-state index in [4.69, 9.17) is 18.9 Å². The van der Waals surface area contributed by atoms with Gasteiger partial charge in [0.15, 0.2) is 24.4 Å². The van der Waals surface area contributed by atoms with Crippen LogP contribution in [0.1, 0.15) is 131 Å². The van der Waals surface area contributed by atoms with Crippen molar-refractivity contribution in [2.24, 2.45) is 23.7 Å². The third-order valence-corrected chi connectivity index (χ3v) is 12.8. The smallest absolute Gasteiger partial charge is 0.329 e. The number of cyclic esters (lactones) is 4. The number of nitrogens with zero attached hydrogens (tertiary/aromatic N) is 4. The van der Waals surface area contributed by atoms with E-state index in [1.165, 1.54) is 46.9 Å².